The lowest BCUT2D eigenvalue weighted by atomic mass is 9.88. The Balaban J connectivity index is 1.94. The molecule has 2 N–H and O–H groups in total. The van der Waals surface area contributed by atoms with Crippen molar-refractivity contribution in [3.63, 3.8) is 0 Å². The molecule has 0 aliphatic carbocycles. The molecule has 0 saturated carbocycles. The molecule has 0 spiro atoms. The highest BCUT2D eigenvalue weighted by Gasteiger charge is 2.32. The van der Waals surface area contributed by atoms with Gasteiger partial charge in [-0.2, -0.15) is 8.78 Å². The summed E-state index contributed by atoms with van der Waals surface area (Å²) in [6, 6.07) is 13.5. The van der Waals surface area contributed by atoms with E-state index in [1.165, 1.54) is 13.2 Å². The van der Waals surface area contributed by atoms with Crippen LogP contribution in [0.2, 0.25) is 0 Å². The van der Waals surface area contributed by atoms with E-state index in [9.17, 15) is 21.6 Å². The van der Waals surface area contributed by atoms with E-state index in [0.717, 1.165) is 12.1 Å². The Kier molecular flexibility index (Phi) is 5.74. The van der Waals surface area contributed by atoms with E-state index in [2.05, 4.69) is 4.74 Å². The van der Waals surface area contributed by atoms with Crippen LogP contribution in [0.25, 0.3) is 11.1 Å². The number of hydrogen-bond donors (Lipinski definition) is 1. The number of primary sulfonamides is 1. The summed E-state index contributed by atoms with van der Waals surface area (Å²) in [5, 5.41) is 5.18. The van der Waals surface area contributed by atoms with Crippen LogP contribution in [0.4, 0.5) is 13.2 Å². The molecule has 0 saturated heterocycles. The van der Waals surface area contributed by atoms with Gasteiger partial charge in [0.05, 0.1) is 18.4 Å². The number of alkyl halides is 2. The number of methoxy groups -OCH3 is 1. The second-order valence-corrected chi connectivity index (χ2v) is 8.77. The summed E-state index contributed by atoms with van der Waals surface area (Å²) in [5.41, 5.74) is 2.07. The van der Waals surface area contributed by atoms with Crippen molar-refractivity contribution in [1.82, 2.24) is 0 Å². The maximum atomic E-state index is 14.2. The zero-order valence-electron chi connectivity index (χ0n) is 16.7. The van der Waals surface area contributed by atoms with Gasteiger partial charge in [-0.05, 0) is 23.3 Å². The SMILES string of the molecule is COc1cccc(C2Oc3cc(F)cc(OC(F)F)c3-c3ccc(CS(N)(=O)=O)cc32)c1. The molecule has 1 unspecified atom stereocenters. The summed E-state index contributed by atoms with van der Waals surface area (Å²) in [6.07, 6.45) is -0.797. The van der Waals surface area contributed by atoms with Gasteiger partial charge in [-0.25, -0.2) is 17.9 Å². The first-order valence-corrected chi connectivity index (χ1v) is 11.1. The number of nitrogens with two attached hydrogens (primary N) is 1. The fraction of sp³-hybridized carbons (Fsp3) is 0.182. The zero-order valence-corrected chi connectivity index (χ0v) is 17.5. The molecule has 0 fully saturated rings. The van der Waals surface area contributed by atoms with Crippen LogP contribution in [0, 0.1) is 5.82 Å². The summed E-state index contributed by atoms with van der Waals surface area (Å²) >= 11 is 0. The summed E-state index contributed by atoms with van der Waals surface area (Å²) in [5.74, 6) is -1.07. The van der Waals surface area contributed by atoms with Crippen LogP contribution in [-0.2, 0) is 15.8 Å². The van der Waals surface area contributed by atoms with E-state index in [4.69, 9.17) is 14.6 Å². The van der Waals surface area contributed by atoms with Crippen LogP contribution in [0.3, 0.4) is 0 Å². The third kappa shape index (κ3) is 4.51. The Labute approximate surface area is 182 Å². The monoisotopic (exact) mass is 465 g/mol. The summed E-state index contributed by atoms with van der Waals surface area (Å²) < 4.78 is 79.2. The molecule has 3 aromatic carbocycles. The average Bonchev–Trinajstić information content (AvgIpc) is 2.71. The summed E-state index contributed by atoms with van der Waals surface area (Å²) in [7, 11) is -2.32. The van der Waals surface area contributed by atoms with E-state index < -0.39 is 34.3 Å². The van der Waals surface area contributed by atoms with Crippen molar-refractivity contribution in [3.05, 3.63) is 77.1 Å². The van der Waals surface area contributed by atoms with Crippen molar-refractivity contribution in [3.8, 4) is 28.4 Å². The summed E-state index contributed by atoms with van der Waals surface area (Å²) in [4.78, 5) is 0. The maximum Gasteiger partial charge on any atom is 0.387 e. The molecule has 1 aliphatic rings. The zero-order chi connectivity index (χ0) is 23.0. The lowest BCUT2D eigenvalue weighted by Crippen LogP contribution is -2.19. The smallest absolute Gasteiger partial charge is 0.387 e. The van der Waals surface area contributed by atoms with Crippen molar-refractivity contribution in [2.24, 2.45) is 5.14 Å². The van der Waals surface area contributed by atoms with Gasteiger partial charge in [0.2, 0.25) is 10.0 Å². The first kappa shape index (κ1) is 22.0. The molecular formula is C22H18F3NO5S. The Morgan fingerprint density at radius 2 is 1.91 bits per heavy atom. The molecule has 4 rings (SSSR count). The molecule has 0 bridgehead atoms. The van der Waals surface area contributed by atoms with Crippen LogP contribution in [0.1, 0.15) is 22.8 Å². The number of halogens is 3. The minimum Gasteiger partial charge on any atom is -0.497 e. The van der Waals surface area contributed by atoms with Crippen molar-refractivity contribution in [1.29, 1.82) is 0 Å². The highest BCUT2D eigenvalue weighted by atomic mass is 32.2. The quantitative estimate of drug-likeness (QED) is 0.584. The molecule has 1 heterocycles. The van der Waals surface area contributed by atoms with Gasteiger partial charge in [-0.15, -0.1) is 0 Å². The van der Waals surface area contributed by atoms with Crippen LogP contribution < -0.4 is 19.3 Å². The van der Waals surface area contributed by atoms with Crippen molar-refractivity contribution < 1.29 is 35.8 Å². The van der Waals surface area contributed by atoms with E-state index in [0.29, 0.717) is 28.0 Å². The standard InChI is InChI=1S/C22H18F3NO5S/c1-29-15-4-2-3-13(8-15)21-17-7-12(11-32(26,27)28)5-6-16(17)20-18(30-21)9-14(23)10-19(20)31-22(24)25/h2-10,21-22H,11H2,1H3,(H2,26,27,28). The Morgan fingerprint density at radius 1 is 1.12 bits per heavy atom. The molecule has 3 aromatic rings. The van der Waals surface area contributed by atoms with Crippen LogP contribution in [-0.4, -0.2) is 22.1 Å². The molecule has 32 heavy (non-hydrogen) atoms. The molecule has 6 nitrogen and oxygen atoms in total. The Morgan fingerprint density at radius 3 is 2.59 bits per heavy atom. The third-order valence-corrected chi connectivity index (χ3v) is 5.66. The number of fused-ring (bicyclic) bond motifs is 3. The predicted octanol–water partition coefficient (Wildman–Crippen LogP) is 4.37. The van der Waals surface area contributed by atoms with E-state index in [1.54, 1.807) is 36.4 Å². The molecule has 1 atom stereocenters. The van der Waals surface area contributed by atoms with E-state index in [-0.39, 0.29) is 17.1 Å². The second kappa shape index (κ2) is 8.36. The Bertz CT molecular complexity index is 1280. The van der Waals surface area contributed by atoms with Crippen molar-refractivity contribution in [2.45, 2.75) is 18.5 Å². The normalized spacial score (nSPS) is 15.0. The summed E-state index contributed by atoms with van der Waals surface area (Å²) in [6.45, 7) is -3.18. The number of rotatable bonds is 6. The van der Waals surface area contributed by atoms with Gasteiger partial charge in [0.15, 0.2) is 0 Å². The minimum atomic E-state index is -3.82. The van der Waals surface area contributed by atoms with Gasteiger partial charge in [0.1, 0.15) is 29.2 Å². The van der Waals surface area contributed by atoms with Crippen LogP contribution in [0.5, 0.6) is 17.2 Å². The van der Waals surface area contributed by atoms with E-state index in [1.807, 2.05) is 0 Å². The highest BCUT2D eigenvalue weighted by Crippen LogP contribution is 2.50. The Hall–Kier alpha value is -3.24. The number of sulfonamides is 1. The lowest BCUT2D eigenvalue weighted by molar-refractivity contribution is -0.0497. The highest BCUT2D eigenvalue weighted by molar-refractivity contribution is 7.88. The molecule has 1 aliphatic heterocycles. The largest absolute Gasteiger partial charge is 0.497 e. The molecular weight excluding hydrogens is 447 g/mol. The number of hydrogen-bond acceptors (Lipinski definition) is 5. The van der Waals surface area contributed by atoms with Gasteiger partial charge in [0.25, 0.3) is 0 Å². The topological polar surface area (TPSA) is 87.8 Å². The number of ether oxygens (including phenoxy) is 3. The van der Waals surface area contributed by atoms with Gasteiger partial charge in [-0.1, -0.05) is 30.3 Å². The maximum absolute atomic E-state index is 14.2. The first-order valence-electron chi connectivity index (χ1n) is 9.37. The fourth-order valence-electron chi connectivity index (χ4n) is 3.73. The van der Waals surface area contributed by atoms with Gasteiger partial charge in [-0.3, -0.25) is 0 Å². The molecule has 10 heteroatoms. The minimum absolute atomic E-state index is 0.0140. The van der Waals surface area contributed by atoms with Crippen LogP contribution in [0.15, 0.2) is 54.6 Å². The lowest BCUT2D eigenvalue weighted by Gasteiger charge is -2.31. The van der Waals surface area contributed by atoms with E-state index >= 15 is 0 Å². The van der Waals surface area contributed by atoms with Gasteiger partial charge in [0, 0.05) is 23.3 Å². The third-order valence-electron chi connectivity index (χ3n) is 4.92. The second-order valence-electron chi connectivity index (χ2n) is 7.16. The average molecular weight is 465 g/mol. The number of benzene rings is 3. The molecule has 0 aromatic heterocycles. The first-order chi connectivity index (χ1) is 15.1. The van der Waals surface area contributed by atoms with Crippen molar-refractivity contribution >= 4 is 10.0 Å². The van der Waals surface area contributed by atoms with Crippen molar-refractivity contribution in [2.75, 3.05) is 7.11 Å². The van der Waals surface area contributed by atoms with Gasteiger partial charge < -0.3 is 14.2 Å². The van der Waals surface area contributed by atoms with Gasteiger partial charge >= 0.3 is 6.61 Å². The fourth-order valence-corrected chi connectivity index (χ4v) is 4.37. The van der Waals surface area contributed by atoms with Crippen LogP contribution >= 0.6 is 0 Å². The molecule has 168 valence electrons. The molecule has 0 radical (unpaired) electrons. The predicted molar refractivity (Wildman–Crippen MR) is 111 cm³/mol. The molecule has 0 amide bonds.